The lowest BCUT2D eigenvalue weighted by atomic mass is 10.0. The van der Waals surface area contributed by atoms with Gasteiger partial charge in [0.05, 0.1) is 6.04 Å². The molecule has 0 saturated heterocycles. The fourth-order valence-corrected chi connectivity index (χ4v) is 1.95. The summed E-state index contributed by atoms with van der Waals surface area (Å²) < 4.78 is 1.90. The molecule has 0 unspecified atom stereocenters. The van der Waals surface area contributed by atoms with Gasteiger partial charge in [-0.05, 0) is 25.0 Å². The minimum Gasteiger partial charge on any atom is -0.338 e. The fraction of sp³-hybridized carbons (Fsp3) is 0.462. The number of fused-ring (bicyclic) bond motifs is 1. The summed E-state index contributed by atoms with van der Waals surface area (Å²) in [6.07, 6.45) is 1.90. The number of nitrogens with one attached hydrogen (secondary N) is 2. The molecule has 2 amide bonds. The first-order chi connectivity index (χ1) is 9.13. The predicted molar refractivity (Wildman–Crippen MR) is 72.8 cm³/mol. The summed E-state index contributed by atoms with van der Waals surface area (Å²) in [5.41, 5.74) is 0.779. The second-order valence-electron chi connectivity index (χ2n) is 4.71. The molecule has 19 heavy (non-hydrogen) atoms. The number of hydrogen-bond acceptors (Lipinski definition) is 3. The summed E-state index contributed by atoms with van der Waals surface area (Å²) >= 11 is 0. The van der Waals surface area contributed by atoms with E-state index in [1.807, 2.05) is 49.6 Å². The Morgan fingerprint density at radius 2 is 2.16 bits per heavy atom. The molecule has 0 fully saturated rings. The summed E-state index contributed by atoms with van der Waals surface area (Å²) in [6.45, 7) is 6.56. The van der Waals surface area contributed by atoms with Crippen LogP contribution in [0.2, 0.25) is 0 Å². The maximum Gasteiger partial charge on any atom is 0.315 e. The van der Waals surface area contributed by atoms with E-state index in [0.29, 0.717) is 6.54 Å². The number of amides is 2. The molecule has 0 radical (unpaired) electrons. The van der Waals surface area contributed by atoms with Crippen molar-refractivity contribution in [2.24, 2.45) is 5.92 Å². The van der Waals surface area contributed by atoms with Gasteiger partial charge in [0.25, 0.3) is 0 Å². The topological polar surface area (TPSA) is 71.3 Å². The smallest absolute Gasteiger partial charge is 0.315 e. The molecule has 0 aliphatic heterocycles. The lowest BCUT2D eigenvalue weighted by Gasteiger charge is -2.20. The molecule has 2 aromatic rings. The minimum absolute atomic E-state index is 0.177. The van der Waals surface area contributed by atoms with Crippen molar-refractivity contribution < 1.29 is 4.79 Å². The van der Waals surface area contributed by atoms with Crippen molar-refractivity contribution in [3.05, 3.63) is 30.2 Å². The van der Waals surface area contributed by atoms with E-state index < -0.39 is 0 Å². The maximum atomic E-state index is 11.7. The van der Waals surface area contributed by atoms with E-state index >= 15 is 0 Å². The van der Waals surface area contributed by atoms with Gasteiger partial charge < -0.3 is 10.6 Å². The number of carbonyl (C=O) groups excluding carboxylic acids is 1. The Morgan fingerprint density at radius 1 is 1.37 bits per heavy atom. The van der Waals surface area contributed by atoms with Gasteiger partial charge in [0.2, 0.25) is 0 Å². The molecule has 0 aliphatic rings. The molecular weight excluding hydrogens is 242 g/mol. The molecule has 0 aliphatic carbocycles. The molecule has 6 heteroatoms. The number of carbonyl (C=O) groups is 1. The van der Waals surface area contributed by atoms with Crippen LogP contribution in [-0.2, 0) is 0 Å². The van der Waals surface area contributed by atoms with E-state index in [-0.39, 0.29) is 18.0 Å². The summed E-state index contributed by atoms with van der Waals surface area (Å²) in [5, 5.41) is 14.0. The van der Waals surface area contributed by atoms with Crippen LogP contribution in [0.5, 0.6) is 0 Å². The Hall–Kier alpha value is -2.11. The maximum absolute atomic E-state index is 11.7. The molecule has 0 saturated carbocycles. The van der Waals surface area contributed by atoms with Gasteiger partial charge >= 0.3 is 6.03 Å². The van der Waals surface area contributed by atoms with E-state index in [1.165, 1.54) is 0 Å². The van der Waals surface area contributed by atoms with E-state index in [1.54, 1.807) is 0 Å². The van der Waals surface area contributed by atoms with Gasteiger partial charge in [-0.2, -0.15) is 0 Å². The number of nitrogens with zero attached hydrogens (tertiary/aromatic N) is 3. The number of urea groups is 1. The molecule has 2 N–H and O–H groups in total. The Morgan fingerprint density at radius 3 is 2.84 bits per heavy atom. The molecule has 2 rings (SSSR count). The predicted octanol–water partition coefficient (Wildman–Crippen LogP) is 1.75. The number of aromatic nitrogens is 3. The van der Waals surface area contributed by atoms with Crippen molar-refractivity contribution >= 4 is 11.7 Å². The van der Waals surface area contributed by atoms with Crippen molar-refractivity contribution in [3.8, 4) is 0 Å². The van der Waals surface area contributed by atoms with Crippen molar-refractivity contribution in [1.29, 1.82) is 0 Å². The zero-order valence-electron chi connectivity index (χ0n) is 11.4. The largest absolute Gasteiger partial charge is 0.338 e. The van der Waals surface area contributed by atoms with Gasteiger partial charge in [0, 0.05) is 12.7 Å². The average molecular weight is 261 g/mol. The van der Waals surface area contributed by atoms with Crippen molar-refractivity contribution in [3.63, 3.8) is 0 Å². The number of rotatable bonds is 4. The summed E-state index contributed by atoms with van der Waals surface area (Å²) in [4.78, 5) is 11.7. The number of pyridine rings is 1. The van der Waals surface area contributed by atoms with E-state index in [9.17, 15) is 4.79 Å². The molecule has 102 valence electrons. The lowest BCUT2D eigenvalue weighted by molar-refractivity contribution is 0.232. The minimum atomic E-state index is -0.186. The third kappa shape index (κ3) is 2.83. The van der Waals surface area contributed by atoms with Crippen LogP contribution in [0.4, 0.5) is 4.79 Å². The van der Waals surface area contributed by atoms with Crippen LogP contribution in [0.1, 0.15) is 32.6 Å². The Labute approximate surface area is 112 Å². The van der Waals surface area contributed by atoms with Crippen LogP contribution in [0, 0.1) is 5.92 Å². The van der Waals surface area contributed by atoms with E-state index in [2.05, 4.69) is 20.8 Å². The Bertz CT molecular complexity index is 563. The van der Waals surface area contributed by atoms with Crippen molar-refractivity contribution in [2.45, 2.75) is 26.8 Å². The normalized spacial score (nSPS) is 12.6. The van der Waals surface area contributed by atoms with Crippen LogP contribution < -0.4 is 10.6 Å². The highest BCUT2D eigenvalue weighted by Gasteiger charge is 2.23. The van der Waals surface area contributed by atoms with Gasteiger partial charge in [0.15, 0.2) is 11.5 Å². The van der Waals surface area contributed by atoms with Crippen LogP contribution in [0.25, 0.3) is 5.65 Å². The molecule has 2 heterocycles. The summed E-state index contributed by atoms with van der Waals surface area (Å²) in [5.74, 6) is 0.965. The van der Waals surface area contributed by atoms with Crippen molar-refractivity contribution in [2.75, 3.05) is 6.54 Å². The van der Waals surface area contributed by atoms with Gasteiger partial charge in [0.1, 0.15) is 0 Å². The molecule has 0 aromatic carbocycles. The third-order valence-electron chi connectivity index (χ3n) is 2.91. The SMILES string of the molecule is CCNC(=O)N[C@H](c1nnc2ccccn12)C(C)C. The first-order valence-electron chi connectivity index (χ1n) is 6.47. The van der Waals surface area contributed by atoms with Crippen LogP contribution >= 0.6 is 0 Å². The quantitative estimate of drug-likeness (QED) is 0.880. The lowest BCUT2D eigenvalue weighted by Crippen LogP contribution is -2.40. The monoisotopic (exact) mass is 261 g/mol. The Kier molecular flexibility index (Phi) is 3.99. The molecule has 0 bridgehead atoms. The summed E-state index contributed by atoms with van der Waals surface area (Å²) in [7, 11) is 0. The van der Waals surface area contributed by atoms with Gasteiger partial charge in [-0.3, -0.25) is 4.40 Å². The zero-order valence-corrected chi connectivity index (χ0v) is 11.4. The second kappa shape index (κ2) is 5.69. The first-order valence-corrected chi connectivity index (χ1v) is 6.47. The average Bonchev–Trinajstić information content (AvgIpc) is 2.79. The van der Waals surface area contributed by atoms with E-state index in [0.717, 1.165) is 11.5 Å². The zero-order chi connectivity index (χ0) is 13.8. The van der Waals surface area contributed by atoms with Crippen LogP contribution in [0.15, 0.2) is 24.4 Å². The molecule has 0 spiro atoms. The standard InChI is InChI=1S/C13H19N5O/c1-4-14-13(19)15-11(9(2)3)12-17-16-10-7-5-6-8-18(10)12/h5-9,11H,4H2,1-3H3,(H2,14,15,19)/t11-/m0/s1. The van der Waals surface area contributed by atoms with Gasteiger partial charge in [-0.1, -0.05) is 19.9 Å². The molecule has 2 aromatic heterocycles. The fourth-order valence-electron chi connectivity index (χ4n) is 1.95. The number of hydrogen-bond donors (Lipinski definition) is 2. The highest BCUT2D eigenvalue weighted by molar-refractivity contribution is 5.74. The van der Waals surface area contributed by atoms with Crippen molar-refractivity contribution in [1.82, 2.24) is 25.2 Å². The van der Waals surface area contributed by atoms with Crippen LogP contribution in [0.3, 0.4) is 0 Å². The Balaban J connectivity index is 2.31. The van der Waals surface area contributed by atoms with Crippen LogP contribution in [-0.4, -0.2) is 27.2 Å². The molecule has 6 nitrogen and oxygen atoms in total. The summed E-state index contributed by atoms with van der Waals surface area (Å²) in [6, 6.07) is 5.36. The highest BCUT2D eigenvalue weighted by Crippen LogP contribution is 2.20. The van der Waals surface area contributed by atoms with E-state index in [4.69, 9.17) is 0 Å². The first kappa shape index (κ1) is 13.3. The highest BCUT2D eigenvalue weighted by atomic mass is 16.2. The molecular formula is C13H19N5O. The van der Waals surface area contributed by atoms with Gasteiger partial charge in [-0.15, -0.1) is 10.2 Å². The van der Waals surface area contributed by atoms with Gasteiger partial charge in [-0.25, -0.2) is 4.79 Å². The molecule has 1 atom stereocenters. The third-order valence-corrected chi connectivity index (χ3v) is 2.91. The second-order valence-corrected chi connectivity index (χ2v) is 4.71.